The molecule has 0 amide bonds. The average Bonchev–Trinajstić information content (AvgIpc) is 2.41. The number of hydrogen-bond acceptors (Lipinski definition) is 4. The molecule has 1 saturated carbocycles. The van der Waals surface area contributed by atoms with Gasteiger partial charge in [0.2, 0.25) is 6.04 Å². The van der Waals surface area contributed by atoms with Crippen LogP contribution in [-0.2, 0) is 16.0 Å². The molecule has 1 fully saturated rings. The van der Waals surface area contributed by atoms with Gasteiger partial charge in [0.1, 0.15) is 0 Å². The quantitative estimate of drug-likeness (QED) is 0.440. The van der Waals surface area contributed by atoms with Gasteiger partial charge in [0.25, 0.3) is 0 Å². The van der Waals surface area contributed by atoms with Gasteiger partial charge in [-0.2, -0.15) is 0 Å². The molecular weight excluding hydrogens is 270 g/mol. The molecular formula is C16H21NO4. The van der Waals surface area contributed by atoms with Crippen molar-refractivity contribution in [1.29, 1.82) is 0 Å². The van der Waals surface area contributed by atoms with Crippen LogP contribution in [0.5, 0.6) is 0 Å². The first-order valence-corrected chi connectivity index (χ1v) is 7.43. The molecule has 0 bridgehead atoms. The topological polar surface area (TPSA) is 69.4 Å². The van der Waals surface area contributed by atoms with Gasteiger partial charge in [-0.15, -0.1) is 0 Å². The van der Waals surface area contributed by atoms with E-state index < -0.39 is 6.04 Å². The maximum atomic E-state index is 11.4. The largest absolute Gasteiger partial charge is 0.466 e. The highest BCUT2D eigenvalue weighted by Gasteiger charge is 2.42. The molecule has 1 aliphatic carbocycles. The Labute approximate surface area is 124 Å². The third-order valence-corrected chi connectivity index (χ3v) is 4.14. The zero-order chi connectivity index (χ0) is 15.2. The molecule has 0 radical (unpaired) electrons. The number of benzene rings is 1. The predicted molar refractivity (Wildman–Crippen MR) is 78.4 cm³/mol. The Morgan fingerprint density at radius 1 is 1.38 bits per heavy atom. The van der Waals surface area contributed by atoms with Crippen molar-refractivity contribution in [3.63, 3.8) is 0 Å². The van der Waals surface area contributed by atoms with Gasteiger partial charge >= 0.3 is 5.97 Å². The summed E-state index contributed by atoms with van der Waals surface area (Å²) in [4.78, 5) is 22.5. The molecule has 5 heteroatoms. The summed E-state index contributed by atoms with van der Waals surface area (Å²) in [6.07, 6.45) is 2.35. The number of nitrogens with zero attached hydrogens (tertiary/aromatic N) is 1. The van der Waals surface area contributed by atoms with Gasteiger partial charge in [0.15, 0.2) is 0 Å². The summed E-state index contributed by atoms with van der Waals surface area (Å²) in [5, 5.41) is 11.3. The SMILES string of the molecule is CCOC(=O)CC1CC(C(Cc2ccccc2)[N+](=O)[O-])C1. The smallest absolute Gasteiger partial charge is 0.306 e. The summed E-state index contributed by atoms with van der Waals surface area (Å²) in [5.74, 6) is 0.119. The van der Waals surface area contributed by atoms with Crippen LogP contribution in [0.4, 0.5) is 0 Å². The van der Waals surface area contributed by atoms with Crippen LogP contribution in [0.1, 0.15) is 31.7 Å². The van der Waals surface area contributed by atoms with Crippen molar-refractivity contribution >= 4 is 5.97 Å². The zero-order valence-electron chi connectivity index (χ0n) is 12.2. The molecule has 0 heterocycles. The van der Waals surface area contributed by atoms with Crippen molar-refractivity contribution < 1.29 is 14.5 Å². The first kappa shape index (κ1) is 15.5. The molecule has 1 unspecified atom stereocenters. The second kappa shape index (κ2) is 7.20. The van der Waals surface area contributed by atoms with Crippen LogP contribution in [-0.4, -0.2) is 23.5 Å². The van der Waals surface area contributed by atoms with E-state index in [0.29, 0.717) is 19.4 Å². The van der Waals surface area contributed by atoms with Crippen molar-refractivity contribution in [3.05, 3.63) is 46.0 Å². The third kappa shape index (κ3) is 4.28. The summed E-state index contributed by atoms with van der Waals surface area (Å²) in [5.41, 5.74) is 0.994. The molecule has 0 aromatic heterocycles. The lowest BCUT2D eigenvalue weighted by Crippen LogP contribution is -2.40. The third-order valence-electron chi connectivity index (χ3n) is 4.14. The number of nitro groups is 1. The number of rotatable bonds is 7. The summed E-state index contributed by atoms with van der Waals surface area (Å²) in [6, 6.07) is 9.00. The Kier molecular flexibility index (Phi) is 5.31. The zero-order valence-corrected chi connectivity index (χ0v) is 12.2. The molecule has 0 spiro atoms. The van der Waals surface area contributed by atoms with Gasteiger partial charge in [0, 0.05) is 23.7 Å². The van der Waals surface area contributed by atoms with Crippen molar-refractivity contribution in [3.8, 4) is 0 Å². The van der Waals surface area contributed by atoms with Crippen LogP contribution in [0.15, 0.2) is 30.3 Å². The van der Waals surface area contributed by atoms with Crippen molar-refractivity contribution in [2.24, 2.45) is 11.8 Å². The van der Waals surface area contributed by atoms with Crippen LogP contribution in [0.25, 0.3) is 0 Å². The summed E-state index contributed by atoms with van der Waals surface area (Å²) < 4.78 is 4.91. The first-order valence-electron chi connectivity index (χ1n) is 7.43. The molecule has 0 aliphatic heterocycles. The lowest BCUT2D eigenvalue weighted by molar-refractivity contribution is -0.536. The number of hydrogen-bond donors (Lipinski definition) is 0. The number of carbonyl (C=O) groups excluding carboxylic acids is 1. The lowest BCUT2D eigenvalue weighted by Gasteiger charge is -2.36. The highest BCUT2D eigenvalue weighted by Crippen LogP contribution is 2.40. The van der Waals surface area contributed by atoms with E-state index in [1.54, 1.807) is 6.92 Å². The van der Waals surface area contributed by atoms with Gasteiger partial charge in [-0.05, 0) is 31.2 Å². The summed E-state index contributed by atoms with van der Waals surface area (Å²) in [6.45, 7) is 2.17. The molecule has 1 aromatic carbocycles. The van der Waals surface area contributed by atoms with Crippen LogP contribution < -0.4 is 0 Å². The Morgan fingerprint density at radius 2 is 2.05 bits per heavy atom. The predicted octanol–water partition coefficient (Wildman–Crippen LogP) is 2.85. The van der Waals surface area contributed by atoms with E-state index >= 15 is 0 Å². The second-order valence-corrected chi connectivity index (χ2v) is 5.65. The fourth-order valence-corrected chi connectivity index (χ4v) is 2.99. The van der Waals surface area contributed by atoms with Crippen LogP contribution in [0.2, 0.25) is 0 Å². The number of esters is 1. The lowest BCUT2D eigenvalue weighted by atomic mass is 9.69. The van der Waals surface area contributed by atoms with E-state index in [1.807, 2.05) is 30.3 Å². The molecule has 1 atom stereocenters. The fourth-order valence-electron chi connectivity index (χ4n) is 2.99. The molecule has 1 aliphatic rings. The monoisotopic (exact) mass is 291 g/mol. The molecule has 114 valence electrons. The van der Waals surface area contributed by atoms with E-state index in [-0.39, 0.29) is 22.7 Å². The number of carbonyl (C=O) groups is 1. The first-order chi connectivity index (χ1) is 10.1. The maximum absolute atomic E-state index is 11.4. The second-order valence-electron chi connectivity index (χ2n) is 5.65. The maximum Gasteiger partial charge on any atom is 0.306 e. The Hall–Kier alpha value is -1.91. The Morgan fingerprint density at radius 3 is 2.62 bits per heavy atom. The van der Waals surface area contributed by atoms with E-state index in [1.165, 1.54) is 0 Å². The van der Waals surface area contributed by atoms with Gasteiger partial charge in [-0.1, -0.05) is 30.3 Å². The van der Waals surface area contributed by atoms with Crippen LogP contribution in [0.3, 0.4) is 0 Å². The minimum atomic E-state index is -0.550. The Bertz CT molecular complexity index is 482. The molecule has 5 nitrogen and oxygen atoms in total. The highest BCUT2D eigenvalue weighted by atomic mass is 16.6. The van der Waals surface area contributed by atoms with Crippen LogP contribution in [0, 0.1) is 22.0 Å². The highest BCUT2D eigenvalue weighted by molar-refractivity contribution is 5.69. The van der Waals surface area contributed by atoms with Crippen molar-refractivity contribution in [1.82, 2.24) is 0 Å². The standard InChI is InChI=1S/C16H21NO4/c1-2-21-16(18)11-13-8-14(9-13)15(17(19)20)10-12-6-4-3-5-7-12/h3-7,13-15H,2,8-11H2,1H3. The average molecular weight is 291 g/mol. The van der Waals surface area contributed by atoms with E-state index in [2.05, 4.69) is 0 Å². The van der Waals surface area contributed by atoms with Gasteiger partial charge in [-0.3, -0.25) is 14.9 Å². The molecule has 2 rings (SSSR count). The van der Waals surface area contributed by atoms with Gasteiger partial charge in [0.05, 0.1) is 6.61 Å². The minimum Gasteiger partial charge on any atom is -0.466 e. The summed E-state index contributed by atoms with van der Waals surface area (Å²) in [7, 11) is 0. The van der Waals surface area contributed by atoms with Crippen molar-refractivity contribution in [2.75, 3.05) is 6.61 Å². The van der Waals surface area contributed by atoms with E-state index in [4.69, 9.17) is 4.74 Å². The minimum absolute atomic E-state index is 0.0691. The molecule has 0 N–H and O–H groups in total. The fraction of sp³-hybridized carbons (Fsp3) is 0.562. The van der Waals surface area contributed by atoms with E-state index in [0.717, 1.165) is 18.4 Å². The van der Waals surface area contributed by atoms with Gasteiger partial charge in [-0.25, -0.2) is 0 Å². The number of ether oxygens (including phenoxy) is 1. The van der Waals surface area contributed by atoms with E-state index in [9.17, 15) is 14.9 Å². The van der Waals surface area contributed by atoms with Crippen LogP contribution >= 0.6 is 0 Å². The summed E-state index contributed by atoms with van der Waals surface area (Å²) >= 11 is 0. The van der Waals surface area contributed by atoms with Gasteiger partial charge < -0.3 is 4.74 Å². The molecule has 21 heavy (non-hydrogen) atoms. The van der Waals surface area contributed by atoms with Crippen molar-refractivity contribution in [2.45, 2.75) is 38.6 Å². The normalized spacial score (nSPS) is 22.1. The molecule has 0 saturated heterocycles. The Balaban J connectivity index is 1.85. The molecule has 1 aromatic rings.